The van der Waals surface area contributed by atoms with Crippen molar-refractivity contribution in [3.63, 3.8) is 0 Å². The summed E-state index contributed by atoms with van der Waals surface area (Å²) in [6.07, 6.45) is 0. The Balaban J connectivity index is 2.92. The molecular weight excluding hydrogens is 206 g/mol. The van der Waals surface area contributed by atoms with Crippen LogP contribution in [0.2, 0.25) is 0 Å². The highest BCUT2D eigenvalue weighted by molar-refractivity contribution is 6.84. The first-order valence-corrected chi connectivity index (χ1v) is 4.13. The summed E-state index contributed by atoms with van der Waals surface area (Å²) in [6, 6.07) is 6.31. The van der Waals surface area contributed by atoms with Crippen molar-refractivity contribution in [2.45, 2.75) is 0 Å². The van der Waals surface area contributed by atoms with Crippen LogP contribution in [0.1, 0.15) is 10.4 Å². The standard InChI is InChI=1S/C9H8ClNO3/c1-14-7-4-2-6(3-5-7)8(12)9(10)11-13/h2-5,13H,1H3/b11-9+. The first-order valence-electron chi connectivity index (χ1n) is 3.75. The van der Waals surface area contributed by atoms with Crippen molar-refractivity contribution in [2.75, 3.05) is 7.11 Å². The third-order valence-corrected chi connectivity index (χ3v) is 1.87. The Morgan fingerprint density at radius 3 is 2.43 bits per heavy atom. The number of hydrogen-bond donors (Lipinski definition) is 1. The lowest BCUT2D eigenvalue weighted by atomic mass is 10.1. The monoisotopic (exact) mass is 213 g/mol. The van der Waals surface area contributed by atoms with Gasteiger partial charge in [0, 0.05) is 5.56 Å². The Morgan fingerprint density at radius 2 is 2.00 bits per heavy atom. The fraction of sp³-hybridized carbons (Fsp3) is 0.111. The Kier molecular flexibility index (Phi) is 3.48. The van der Waals surface area contributed by atoms with Gasteiger partial charge in [-0.1, -0.05) is 16.8 Å². The molecular formula is C9H8ClNO3. The number of ether oxygens (including phenoxy) is 1. The zero-order chi connectivity index (χ0) is 10.6. The average molecular weight is 214 g/mol. The van der Waals surface area contributed by atoms with Crippen LogP contribution in [-0.4, -0.2) is 23.3 Å². The second-order valence-corrected chi connectivity index (χ2v) is 2.81. The second kappa shape index (κ2) is 4.62. The first kappa shape index (κ1) is 10.5. The first-order chi connectivity index (χ1) is 6.69. The highest BCUT2D eigenvalue weighted by atomic mass is 35.5. The van der Waals surface area contributed by atoms with Crippen molar-refractivity contribution in [2.24, 2.45) is 5.16 Å². The summed E-state index contributed by atoms with van der Waals surface area (Å²) < 4.78 is 4.91. The van der Waals surface area contributed by atoms with Gasteiger partial charge in [-0.15, -0.1) is 0 Å². The van der Waals surface area contributed by atoms with Crippen LogP contribution in [0.5, 0.6) is 5.75 Å². The summed E-state index contributed by atoms with van der Waals surface area (Å²) in [5.74, 6) is 0.107. The lowest BCUT2D eigenvalue weighted by molar-refractivity contribution is 0.106. The van der Waals surface area contributed by atoms with Gasteiger partial charge >= 0.3 is 0 Å². The number of oxime groups is 1. The molecule has 0 saturated heterocycles. The summed E-state index contributed by atoms with van der Waals surface area (Å²) in [6.45, 7) is 0. The minimum atomic E-state index is -0.531. The largest absolute Gasteiger partial charge is 0.497 e. The van der Waals surface area contributed by atoms with Gasteiger partial charge in [0.2, 0.25) is 11.0 Å². The minimum absolute atomic E-state index is 0.341. The molecule has 5 heteroatoms. The van der Waals surface area contributed by atoms with E-state index in [1.54, 1.807) is 12.1 Å². The Morgan fingerprint density at radius 1 is 1.43 bits per heavy atom. The van der Waals surface area contributed by atoms with Crippen LogP contribution in [0.3, 0.4) is 0 Å². The lowest BCUT2D eigenvalue weighted by Gasteiger charge is -2.00. The second-order valence-electron chi connectivity index (χ2n) is 2.45. The number of ketones is 1. The molecule has 14 heavy (non-hydrogen) atoms. The lowest BCUT2D eigenvalue weighted by Crippen LogP contribution is -2.07. The van der Waals surface area contributed by atoms with E-state index in [0.29, 0.717) is 11.3 Å². The molecule has 0 bridgehead atoms. The van der Waals surface area contributed by atoms with Crippen molar-refractivity contribution in [3.8, 4) is 5.75 Å². The van der Waals surface area contributed by atoms with Gasteiger partial charge in [0.15, 0.2) is 0 Å². The number of Topliss-reactive ketones (excluding diaryl/α,β-unsaturated/α-hetero) is 1. The maximum atomic E-state index is 11.3. The molecule has 0 aliphatic carbocycles. The smallest absolute Gasteiger partial charge is 0.226 e. The van der Waals surface area contributed by atoms with Crippen LogP contribution in [0.25, 0.3) is 0 Å². The third-order valence-electron chi connectivity index (χ3n) is 1.63. The van der Waals surface area contributed by atoms with Gasteiger partial charge < -0.3 is 9.94 Å². The molecule has 1 N–H and O–H groups in total. The molecule has 0 heterocycles. The summed E-state index contributed by atoms with van der Waals surface area (Å²) in [5.41, 5.74) is 0.341. The normalized spacial score (nSPS) is 11.1. The van der Waals surface area contributed by atoms with Crippen molar-refractivity contribution < 1.29 is 14.7 Å². The molecule has 74 valence electrons. The number of methoxy groups -OCH3 is 1. The average Bonchev–Trinajstić information content (AvgIpc) is 2.27. The number of halogens is 1. The minimum Gasteiger partial charge on any atom is -0.497 e. The van der Waals surface area contributed by atoms with Gasteiger partial charge in [0.05, 0.1) is 7.11 Å². The fourth-order valence-electron chi connectivity index (χ4n) is 0.907. The van der Waals surface area contributed by atoms with E-state index in [1.165, 1.54) is 19.2 Å². The highest BCUT2D eigenvalue weighted by Crippen LogP contribution is 2.12. The van der Waals surface area contributed by atoms with Gasteiger partial charge in [0.1, 0.15) is 5.75 Å². The molecule has 0 fully saturated rings. The summed E-state index contributed by atoms with van der Waals surface area (Å²) in [5, 5.41) is 10.4. The number of carbonyl (C=O) groups is 1. The Hall–Kier alpha value is -1.55. The molecule has 0 atom stereocenters. The molecule has 0 spiro atoms. The zero-order valence-electron chi connectivity index (χ0n) is 7.40. The molecule has 0 amide bonds. The third kappa shape index (κ3) is 2.23. The van der Waals surface area contributed by atoms with E-state index < -0.39 is 11.0 Å². The number of hydrogen-bond acceptors (Lipinski definition) is 4. The maximum absolute atomic E-state index is 11.3. The molecule has 1 aromatic carbocycles. The van der Waals surface area contributed by atoms with Crippen LogP contribution in [0.15, 0.2) is 29.4 Å². The van der Waals surface area contributed by atoms with Crippen molar-refractivity contribution in [1.29, 1.82) is 0 Å². The quantitative estimate of drug-likeness (QED) is 0.361. The van der Waals surface area contributed by atoms with Gasteiger partial charge in [-0.2, -0.15) is 0 Å². The van der Waals surface area contributed by atoms with Crippen LogP contribution in [-0.2, 0) is 0 Å². The summed E-state index contributed by atoms with van der Waals surface area (Å²) >= 11 is 5.34. The topological polar surface area (TPSA) is 58.9 Å². The molecule has 0 aromatic heterocycles. The molecule has 4 nitrogen and oxygen atoms in total. The van der Waals surface area contributed by atoms with Crippen LogP contribution < -0.4 is 4.74 Å². The van der Waals surface area contributed by atoms with Crippen LogP contribution >= 0.6 is 11.6 Å². The van der Waals surface area contributed by atoms with Gasteiger partial charge in [-0.25, -0.2) is 0 Å². The van der Waals surface area contributed by atoms with E-state index in [4.69, 9.17) is 21.5 Å². The molecule has 0 radical (unpaired) electrons. The molecule has 1 aromatic rings. The van der Waals surface area contributed by atoms with Crippen molar-refractivity contribution >= 4 is 22.6 Å². The number of benzene rings is 1. The van der Waals surface area contributed by atoms with Crippen molar-refractivity contribution in [1.82, 2.24) is 0 Å². The van der Waals surface area contributed by atoms with E-state index in [2.05, 4.69) is 5.16 Å². The van der Waals surface area contributed by atoms with Gasteiger partial charge in [-0.3, -0.25) is 4.79 Å². The summed E-state index contributed by atoms with van der Waals surface area (Å²) in [7, 11) is 1.53. The van der Waals surface area contributed by atoms with E-state index in [1.807, 2.05) is 0 Å². The molecule has 0 aliphatic rings. The number of nitrogens with zero attached hydrogens (tertiary/aromatic N) is 1. The Bertz CT molecular complexity index is 359. The van der Waals surface area contributed by atoms with Gasteiger partial charge in [0.25, 0.3) is 0 Å². The SMILES string of the molecule is COc1ccc(C(=O)/C(Cl)=N\O)cc1. The highest BCUT2D eigenvalue weighted by Gasteiger charge is 2.11. The Labute approximate surface area is 85.7 Å². The molecule has 0 aliphatic heterocycles. The van der Waals surface area contributed by atoms with E-state index in [9.17, 15) is 4.79 Å². The summed E-state index contributed by atoms with van der Waals surface area (Å²) in [4.78, 5) is 11.3. The van der Waals surface area contributed by atoms with Crippen LogP contribution in [0, 0.1) is 0 Å². The van der Waals surface area contributed by atoms with E-state index in [0.717, 1.165) is 0 Å². The molecule has 0 unspecified atom stereocenters. The van der Waals surface area contributed by atoms with Crippen LogP contribution in [0.4, 0.5) is 0 Å². The zero-order valence-corrected chi connectivity index (χ0v) is 8.15. The van der Waals surface area contributed by atoms with E-state index in [-0.39, 0.29) is 0 Å². The van der Waals surface area contributed by atoms with E-state index >= 15 is 0 Å². The fourth-order valence-corrected chi connectivity index (χ4v) is 1.02. The maximum Gasteiger partial charge on any atom is 0.226 e. The molecule has 1 rings (SSSR count). The number of carbonyl (C=O) groups excluding carboxylic acids is 1. The predicted octanol–water partition coefficient (Wildman–Crippen LogP) is 1.90. The number of rotatable bonds is 3. The predicted molar refractivity (Wildman–Crippen MR) is 52.4 cm³/mol. The van der Waals surface area contributed by atoms with Crippen molar-refractivity contribution in [3.05, 3.63) is 29.8 Å². The van der Waals surface area contributed by atoms with Gasteiger partial charge in [-0.05, 0) is 24.3 Å². The molecule has 0 saturated carbocycles.